The Morgan fingerprint density at radius 1 is 1.29 bits per heavy atom. The van der Waals surface area contributed by atoms with E-state index in [1.807, 2.05) is 12.1 Å². The standard InChI is InChI=1S/C24H36O3Si/c1-17(19-13-14-20-21(25)9-8-16-24(19,20)4)10-11-18-12-15-22(26-18)23(2,3)27-28(5,6)7/h12,15,17,19-20H,8-9,13-14,16H2,1-7H3/t17-,19-,20?,24-/m1/s1. The molecule has 1 heterocycles. The normalized spacial score (nSPS) is 29.2. The average molecular weight is 401 g/mol. The molecule has 4 heteroatoms. The molecule has 0 aliphatic heterocycles. The summed E-state index contributed by atoms with van der Waals surface area (Å²) in [5.74, 6) is 9.73. The van der Waals surface area contributed by atoms with Crippen LogP contribution < -0.4 is 0 Å². The molecule has 3 nitrogen and oxygen atoms in total. The molecule has 3 rings (SSSR count). The molecule has 2 aliphatic rings. The number of ketones is 1. The maximum absolute atomic E-state index is 12.4. The highest BCUT2D eigenvalue weighted by Gasteiger charge is 2.52. The lowest BCUT2D eigenvalue weighted by atomic mass is 9.62. The van der Waals surface area contributed by atoms with E-state index in [9.17, 15) is 4.79 Å². The van der Waals surface area contributed by atoms with Gasteiger partial charge in [-0.1, -0.05) is 19.8 Å². The highest BCUT2D eigenvalue weighted by molar-refractivity contribution is 6.69. The summed E-state index contributed by atoms with van der Waals surface area (Å²) in [5.41, 5.74) is -0.310. The molecule has 0 aromatic carbocycles. The van der Waals surface area contributed by atoms with Gasteiger partial charge in [-0.05, 0) is 88.6 Å². The summed E-state index contributed by atoms with van der Waals surface area (Å²) in [6.45, 7) is 15.2. The van der Waals surface area contributed by atoms with Crippen molar-refractivity contribution in [2.75, 3.05) is 0 Å². The number of hydrogen-bond acceptors (Lipinski definition) is 3. The van der Waals surface area contributed by atoms with E-state index in [-0.39, 0.29) is 17.3 Å². The van der Waals surface area contributed by atoms with Gasteiger partial charge in [-0.3, -0.25) is 4.79 Å². The van der Waals surface area contributed by atoms with Crippen LogP contribution in [0, 0.1) is 35.0 Å². The Labute approximate surface area is 171 Å². The minimum absolute atomic E-state index is 0.130. The monoisotopic (exact) mass is 400 g/mol. The lowest BCUT2D eigenvalue weighted by Crippen LogP contribution is -2.39. The summed E-state index contributed by atoms with van der Waals surface area (Å²) in [5, 5.41) is 0. The van der Waals surface area contributed by atoms with E-state index in [1.54, 1.807) is 0 Å². The molecule has 0 saturated heterocycles. The van der Waals surface area contributed by atoms with Crippen LogP contribution in [0.3, 0.4) is 0 Å². The van der Waals surface area contributed by atoms with Crippen molar-refractivity contribution in [3.8, 4) is 11.8 Å². The van der Waals surface area contributed by atoms with Gasteiger partial charge >= 0.3 is 0 Å². The first-order chi connectivity index (χ1) is 12.9. The second-order valence-corrected chi connectivity index (χ2v) is 14.9. The second-order valence-electron chi connectivity index (χ2n) is 10.5. The quantitative estimate of drug-likeness (QED) is 0.450. The van der Waals surface area contributed by atoms with Gasteiger partial charge in [0.1, 0.15) is 17.1 Å². The fourth-order valence-corrected chi connectivity index (χ4v) is 7.25. The number of fused-ring (bicyclic) bond motifs is 1. The van der Waals surface area contributed by atoms with Crippen LogP contribution in [0.1, 0.15) is 71.3 Å². The van der Waals surface area contributed by atoms with Crippen molar-refractivity contribution in [1.29, 1.82) is 0 Å². The molecule has 0 amide bonds. The Morgan fingerprint density at radius 3 is 2.68 bits per heavy atom. The third-order valence-electron chi connectivity index (χ3n) is 6.72. The topological polar surface area (TPSA) is 39.4 Å². The lowest BCUT2D eigenvalue weighted by Gasteiger charge is -2.41. The van der Waals surface area contributed by atoms with Gasteiger partial charge in [0.2, 0.25) is 0 Å². The number of furan rings is 1. The number of carbonyl (C=O) groups excluding carboxylic acids is 1. The Kier molecular flexibility index (Phi) is 5.73. The molecule has 28 heavy (non-hydrogen) atoms. The van der Waals surface area contributed by atoms with Crippen molar-refractivity contribution in [3.05, 3.63) is 23.7 Å². The van der Waals surface area contributed by atoms with Gasteiger partial charge in [-0.15, -0.1) is 0 Å². The summed E-state index contributed by atoms with van der Waals surface area (Å²) < 4.78 is 12.3. The molecule has 2 fully saturated rings. The number of Topliss-reactive ketones (excluding diaryl/α,β-unsaturated/α-hetero) is 1. The first kappa shape index (κ1) is 21.4. The largest absolute Gasteiger partial charge is 0.450 e. The van der Waals surface area contributed by atoms with Crippen molar-refractivity contribution in [2.45, 2.75) is 85.0 Å². The van der Waals surface area contributed by atoms with Crippen molar-refractivity contribution >= 4 is 14.1 Å². The highest BCUT2D eigenvalue weighted by atomic mass is 28.4. The first-order valence-corrected chi connectivity index (χ1v) is 14.2. The molecule has 0 radical (unpaired) electrons. The zero-order chi connectivity index (χ0) is 20.7. The summed E-state index contributed by atoms with van der Waals surface area (Å²) in [6.07, 6.45) is 5.13. The van der Waals surface area contributed by atoms with Crippen LogP contribution >= 0.6 is 0 Å². The Morgan fingerprint density at radius 2 is 2.00 bits per heavy atom. The number of rotatable bonds is 4. The zero-order valence-electron chi connectivity index (χ0n) is 18.6. The van der Waals surface area contributed by atoms with Gasteiger partial charge in [0.15, 0.2) is 14.1 Å². The van der Waals surface area contributed by atoms with Crippen molar-refractivity contribution in [3.63, 3.8) is 0 Å². The third-order valence-corrected chi connectivity index (χ3v) is 7.85. The Balaban J connectivity index is 1.72. The van der Waals surface area contributed by atoms with Crippen LogP contribution in [0.5, 0.6) is 0 Å². The van der Waals surface area contributed by atoms with Gasteiger partial charge in [0.05, 0.1) is 0 Å². The first-order valence-electron chi connectivity index (χ1n) is 10.8. The van der Waals surface area contributed by atoms with E-state index in [1.165, 1.54) is 0 Å². The van der Waals surface area contributed by atoms with Gasteiger partial charge in [-0.2, -0.15) is 0 Å². The van der Waals surface area contributed by atoms with Crippen LogP contribution in [0.4, 0.5) is 0 Å². The maximum Gasteiger partial charge on any atom is 0.185 e. The lowest BCUT2D eigenvalue weighted by molar-refractivity contribution is -0.129. The molecular formula is C24H36O3Si. The van der Waals surface area contributed by atoms with Crippen molar-refractivity contribution < 1.29 is 13.6 Å². The fourth-order valence-electron chi connectivity index (χ4n) is 5.62. The molecule has 2 aliphatic carbocycles. The number of hydrogen-bond donors (Lipinski definition) is 0. The van der Waals surface area contributed by atoms with Gasteiger partial charge in [0.25, 0.3) is 0 Å². The predicted octanol–water partition coefficient (Wildman–Crippen LogP) is 6.14. The molecule has 0 bridgehead atoms. The Bertz CT molecular complexity index is 789. The average Bonchev–Trinajstić information content (AvgIpc) is 3.15. The molecule has 1 aromatic rings. The van der Waals surface area contributed by atoms with Crippen molar-refractivity contribution in [2.24, 2.45) is 23.2 Å². The molecule has 154 valence electrons. The second kappa shape index (κ2) is 7.50. The predicted molar refractivity (Wildman–Crippen MR) is 115 cm³/mol. The molecule has 4 atom stereocenters. The van der Waals surface area contributed by atoms with E-state index < -0.39 is 13.9 Å². The smallest absolute Gasteiger partial charge is 0.185 e. The van der Waals surface area contributed by atoms with Crippen LogP contribution in [-0.2, 0) is 14.8 Å². The van der Waals surface area contributed by atoms with Crippen LogP contribution in [0.25, 0.3) is 0 Å². The van der Waals surface area contributed by atoms with Gasteiger partial charge in [-0.25, -0.2) is 0 Å². The van der Waals surface area contributed by atoms with Gasteiger partial charge in [0, 0.05) is 18.3 Å². The molecule has 1 unspecified atom stereocenters. The van der Waals surface area contributed by atoms with E-state index >= 15 is 0 Å². The number of carbonyl (C=O) groups is 1. The summed E-state index contributed by atoms with van der Waals surface area (Å²) in [7, 11) is -1.67. The highest BCUT2D eigenvalue weighted by Crippen LogP contribution is 2.56. The summed E-state index contributed by atoms with van der Waals surface area (Å²) >= 11 is 0. The van der Waals surface area contributed by atoms with Crippen LogP contribution in [0.2, 0.25) is 19.6 Å². The Hall–Kier alpha value is -1.31. The molecular weight excluding hydrogens is 364 g/mol. The van der Waals surface area contributed by atoms with E-state index in [0.29, 0.717) is 17.5 Å². The van der Waals surface area contributed by atoms with E-state index in [2.05, 4.69) is 59.2 Å². The minimum atomic E-state index is -1.67. The maximum atomic E-state index is 12.4. The fraction of sp³-hybridized carbons (Fsp3) is 0.708. The summed E-state index contributed by atoms with van der Waals surface area (Å²) in [6, 6.07) is 3.94. The molecule has 0 N–H and O–H groups in total. The zero-order valence-corrected chi connectivity index (χ0v) is 19.6. The van der Waals surface area contributed by atoms with Crippen LogP contribution in [0.15, 0.2) is 16.5 Å². The minimum Gasteiger partial charge on any atom is -0.450 e. The molecule has 2 saturated carbocycles. The van der Waals surface area contributed by atoms with E-state index in [4.69, 9.17) is 8.84 Å². The van der Waals surface area contributed by atoms with Gasteiger partial charge < -0.3 is 8.84 Å². The molecule has 0 spiro atoms. The molecule has 1 aromatic heterocycles. The van der Waals surface area contributed by atoms with Crippen LogP contribution in [-0.4, -0.2) is 14.1 Å². The summed E-state index contributed by atoms with van der Waals surface area (Å²) in [4.78, 5) is 12.4. The SMILES string of the molecule is C[C@H](C#Cc1ccc(C(C)(C)O[Si](C)(C)C)o1)[C@H]1CCC2C(=O)CCC[C@@]21C. The van der Waals surface area contributed by atoms with Crippen molar-refractivity contribution in [1.82, 2.24) is 0 Å². The third kappa shape index (κ3) is 4.31. The van der Waals surface area contributed by atoms with E-state index in [0.717, 1.165) is 37.9 Å².